The zero-order chi connectivity index (χ0) is 11.1. The lowest BCUT2D eigenvalue weighted by molar-refractivity contribution is -0.165. The first-order valence-electron chi connectivity index (χ1n) is 5.57. The largest absolute Gasteiger partial charge is 0.382 e. The standard InChI is InChI=1S/C12H18O3/c1-9-8-10(13)12(15-2)7-5-3-4-6-11(9,12)14/h8,14H,3-7H2,1-2H3/t11-,12-/m1/s1. The second-order valence-corrected chi connectivity index (χ2v) is 4.64. The molecule has 0 aromatic rings. The average Bonchev–Trinajstić information content (AvgIpc) is 2.37. The van der Waals surface area contributed by atoms with E-state index >= 15 is 0 Å². The molecule has 2 rings (SSSR count). The molecule has 0 aliphatic heterocycles. The molecule has 0 unspecified atom stereocenters. The van der Waals surface area contributed by atoms with Gasteiger partial charge in [-0.3, -0.25) is 4.79 Å². The van der Waals surface area contributed by atoms with Crippen molar-refractivity contribution in [1.29, 1.82) is 0 Å². The molecule has 3 heteroatoms. The van der Waals surface area contributed by atoms with Gasteiger partial charge in [-0.2, -0.15) is 0 Å². The third-order valence-corrected chi connectivity index (χ3v) is 3.98. The van der Waals surface area contributed by atoms with Gasteiger partial charge in [-0.05, 0) is 37.8 Å². The zero-order valence-corrected chi connectivity index (χ0v) is 9.38. The smallest absolute Gasteiger partial charge is 0.190 e. The van der Waals surface area contributed by atoms with Crippen molar-refractivity contribution in [2.75, 3.05) is 7.11 Å². The Kier molecular flexibility index (Phi) is 2.47. The summed E-state index contributed by atoms with van der Waals surface area (Å²) in [7, 11) is 1.53. The molecule has 1 fully saturated rings. The van der Waals surface area contributed by atoms with Gasteiger partial charge in [0.05, 0.1) is 0 Å². The summed E-state index contributed by atoms with van der Waals surface area (Å²) in [6.45, 7) is 1.82. The summed E-state index contributed by atoms with van der Waals surface area (Å²) in [5.41, 5.74) is -1.29. The van der Waals surface area contributed by atoms with Crippen LogP contribution >= 0.6 is 0 Å². The molecule has 0 heterocycles. The van der Waals surface area contributed by atoms with Gasteiger partial charge in [0.15, 0.2) is 11.4 Å². The summed E-state index contributed by atoms with van der Waals surface area (Å²) in [6.07, 6.45) is 5.79. The van der Waals surface area contributed by atoms with Gasteiger partial charge in [0.1, 0.15) is 5.60 Å². The van der Waals surface area contributed by atoms with Crippen molar-refractivity contribution in [3.8, 4) is 0 Å². The molecular formula is C12H18O3. The van der Waals surface area contributed by atoms with Gasteiger partial charge >= 0.3 is 0 Å². The monoisotopic (exact) mass is 210 g/mol. The van der Waals surface area contributed by atoms with Gasteiger partial charge in [-0.1, -0.05) is 12.8 Å². The molecule has 2 aliphatic rings. The summed E-state index contributed by atoms with van der Waals surface area (Å²) >= 11 is 0. The molecule has 0 bridgehead atoms. The number of carbonyl (C=O) groups excluding carboxylic acids is 1. The Bertz CT molecular complexity index is 321. The molecule has 84 valence electrons. The fourth-order valence-corrected chi connectivity index (χ4v) is 2.99. The highest BCUT2D eigenvalue weighted by Gasteiger charge is 2.60. The second kappa shape index (κ2) is 3.42. The van der Waals surface area contributed by atoms with Crippen LogP contribution in [-0.2, 0) is 9.53 Å². The molecule has 1 saturated carbocycles. The maximum Gasteiger partial charge on any atom is 0.190 e. The molecule has 0 spiro atoms. The number of carbonyl (C=O) groups is 1. The Labute approximate surface area is 90.1 Å². The number of hydrogen-bond acceptors (Lipinski definition) is 3. The molecule has 2 aliphatic carbocycles. The topological polar surface area (TPSA) is 46.5 Å². The van der Waals surface area contributed by atoms with Crippen LogP contribution in [0.25, 0.3) is 0 Å². The van der Waals surface area contributed by atoms with E-state index in [1.807, 2.05) is 6.92 Å². The highest BCUT2D eigenvalue weighted by Crippen LogP contribution is 2.47. The summed E-state index contributed by atoms with van der Waals surface area (Å²) in [4.78, 5) is 12.0. The first-order valence-corrected chi connectivity index (χ1v) is 5.57. The quantitative estimate of drug-likeness (QED) is 0.715. The van der Waals surface area contributed by atoms with Crippen molar-refractivity contribution in [1.82, 2.24) is 0 Å². The van der Waals surface area contributed by atoms with E-state index in [9.17, 15) is 9.90 Å². The van der Waals surface area contributed by atoms with Crippen LogP contribution in [0.2, 0.25) is 0 Å². The van der Waals surface area contributed by atoms with Crippen LogP contribution in [-0.4, -0.2) is 29.2 Å². The molecule has 0 aromatic carbocycles. The van der Waals surface area contributed by atoms with Crippen LogP contribution in [0.15, 0.2) is 11.6 Å². The van der Waals surface area contributed by atoms with Crippen molar-refractivity contribution in [2.45, 2.75) is 50.2 Å². The first-order chi connectivity index (χ1) is 7.07. The minimum Gasteiger partial charge on any atom is -0.382 e. The Balaban J connectivity index is 2.48. The summed E-state index contributed by atoms with van der Waals surface area (Å²) in [5.74, 6) is -0.0631. The van der Waals surface area contributed by atoms with Crippen molar-refractivity contribution in [2.24, 2.45) is 0 Å². The van der Waals surface area contributed by atoms with E-state index in [2.05, 4.69) is 0 Å². The maximum atomic E-state index is 12.0. The molecule has 0 amide bonds. The molecule has 0 radical (unpaired) electrons. The molecular weight excluding hydrogens is 192 g/mol. The summed E-state index contributed by atoms with van der Waals surface area (Å²) in [5, 5.41) is 10.7. The number of aliphatic hydroxyl groups is 1. The van der Waals surface area contributed by atoms with E-state index in [1.165, 1.54) is 7.11 Å². The zero-order valence-electron chi connectivity index (χ0n) is 9.38. The van der Waals surface area contributed by atoms with E-state index in [-0.39, 0.29) is 5.78 Å². The van der Waals surface area contributed by atoms with Gasteiger partial charge in [0.25, 0.3) is 0 Å². The highest BCUT2D eigenvalue weighted by molar-refractivity contribution is 6.02. The molecule has 0 aromatic heterocycles. The molecule has 3 nitrogen and oxygen atoms in total. The van der Waals surface area contributed by atoms with Gasteiger partial charge in [-0.25, -0.2) is 0 Å². The van der Waals surface area contributed by atoms with Crippen LogP contribution < -0.4 is 0 Å². The Hall–Kier alpha value is -0.670. The van der Waals surface area contributed by atoms with Gasteiger partial charge in [-0.15, -0.1) is 0 Å². The normalized spacial score (nSPS) is 41.0. The van der Waals surface area contributed by atoms with E-state index in [0.29, 0.717) is 12.8 Å². The van der Waals surface area contributed by atoms with E-state index in [0.717, 1.165) is 24.8 Å². The summed E-state index contributed by atoms with van der Waals surface area (Å²) in [6, 6.07) is 0. The first kappa shape index (κ1) is 10.8. The van der Waals surface area contributed by atoms with Crippen molar-refractivity contribution in [3.63, 3.8) is 0 Å². The Morgan fingerprint density at radius 2 is 2.00 bits per heavy atom. The van der Waals surface area contributed by atoms with Gasteiger partial charge in [0.2, 0.25) is 0 Å². The molecule has 0 saturated heterocycles. The number of fused-ring (bicyclic) bond motifs is 1. The van der Waals surface area contributed by atoms with E-state index < -0.39 is 11.2 Å². The molecule has 2 atom stereocenters. The lowest BCUT2D eigenvalue weighted by Crippen LogP contribution is -2.56. The average molecular weight is 210 g/mol. The van der Waals surface area contributed by atoms with E-state index in [1.54, 1.807) is 6.08 Å². The number of methoxy groups -OCH3 is 1. The number of rotatable bonds is 1. The Morgan fingerprint density at radius 1 is 1.33 bits per heavy atom. The predicted molar refractivity (Wildman–Crippen MR) is 56.5 cm³/mol. The minimum absolute atomic E-state index is 0.0631. The summed E-state index contributed by atoms with van der Waals surface area (Å²) < 4.78 is 5.42. The van der Waals surface area contributed by atoms with E-state index in [4.69, 9.17) is 4.74 Å². The van der Waals surface area contributed by atoms with Crippen LogP contribution in [0.3, 0.4) is 0 Å². The van der Waals surface area contributed by atoms with Crippen molar-refractivity contribution in [3.05, 3.63) is 11.6 Å². The minimum atomic E-state index is -1.06. The SMILES string of the molecule is CO[C@@]12CCCCC[C@@]1(O)C(C)=CC2=O. The number of hydrogen-bond donors (Lipinski definition) is 1. The number of ketones is 1. The maximum absolute atomic E-state index is 12.0. The van der Waals surface area contributed by atoms with Gasteiger partial charge < -0.3 is 9.84 Å². The van der Waals surface area contributed by atoms with Crippen LogP contribution in [0.4, 0.5) is 0 Å². The van der Waals surface area contributed by atoms with Gasteiger partial charge in [0, 0.05) is 7.11 Å². The third kappa shape index (κ3) is 1.23. The second-order valence-electron chi connectivity index (χ2n) is 4.64. The van der Waals surface area contributed by atoms with Crippen molar-refractivity contribution >= 4 is 5.78 Å². The van der Waals surface area contributed by atoms with Crippen LogP contribution in [0.1, 0.15) is 39.0 Å². The van der Waals surface area contributed by atoms with Crippen LogP contribution in [0.5, 0.6) is 0 Å². The Morgan fingerprint density at radius 3 is 2.67 bits per heavy atom. The third-order valence-electron chi connectivity index (χ3n) is 3.98. The number of ether oxygens (including phenoxy) is 1. The molecule has 1 N–H and O–H groups in total. The molecule has 15 heavy (non-hydrogen) atoms. The fourth-order valence-electron chi connectivity index (χ4n) is 2.99. The predicted octanol–water partition coefficient (Wildman–Crippen LogP) is 1.60. The highest BCUT2D eigenvalue weighted by atomic mass is 16.5. The van der Waals surface area contributed by atoms with Crippen molar-refractivity contribution < 1.29 is 14.6 Å². The lowest BCUT2D eigenvalue weighted by atomic mass is 9.77. The fraction of sp³-hybridized carbons (Fsp3) is 0.750. The van der Waals surface area contributed by atoms with Crippen LogP contribution in [0, 0.1) is 0 Å². The lowest BCUT2D eigenvalue weighted by Gasteiger charge is -2.40.